The smallest absolute Gasteiger partial charge is 0.328 e. The number of piperidine rings is 1. The van der Waals surface area contributed by atoms with Crippen LogP contribution in [0, 0.1) is 25.7 Å². The molecule has 1 aromatic carbocycles. The van der Waals surface area contributed by atoms with Gasteiger partial charge in [-0.1, -0.05) is 19.9 Å². The molecule has 1 aliphatic rings. The summed E-state index contributed by atoms with van der Waals surface area (Å²) in [4.78, 5) is 24.7. The van der Waals surface area contributed by atoms with Crippen LogP contribution in [-0.4, -0.2) is 50.8 Å². The van der Waals surface area contributed by atoms with Crippen LogP contribution in [0.25, 0.3) is 0 Å². The van der Waals surface area contributed by atoms with Crippen LogP contribution in [0.2, 0.25) is 0 Å². The molecule has 0 aliphatic carbocycles. The summed E-state index contributed by atoms with van der Waals surface area (Å²) < 4.78 is 32.0. The number of rotatable bonds is 6. The number of ether oxygens (including phenoxy) is 1. The molecule has 1 atom stereocenters. The number of hydrogen-bond donors (Lipinski definition) is 1. The first-order valence-corrected chi connectivity index (χ1v) is 11.0. The molecule has 1 N–H and O–H groups in total. The Morgan fingerprint density at radius 3 is 2.25 bits per heavy atom. The van der Waals surface area contributed by atoms with Crippen LogP contribution in [-0.2, 0) is 24.3 Å². The Morgan fingerprint density at radius 2 is 1.75 bits per heavy atom. The van der Waals surface area contributed by atoms with Gasteiger partial charge < -0.3 is 10.1 Å². The number of methoxy groups -OCH3 is 1. The molecule has 1 aliphatic heterocycles. The fraction of sp³-hybridized carbons (Fsp3) is 0.600. The molecular weight excluding hydrogens is 380 g/mol. The predicted molar refractivity (Wildman–Crippen MR) is 106 cm³/mol. The van der Waals surface area contributed by atoms with Gasteiger partial charge in [0, 0.05) is 19.0 Å². The number of carbonyl (C=O) groups is 2. The van der Waals surface area contributed by atoms with Crippen molar-refractivity contribution in [1.82, 2.24) is 9.62 Å². The van der Waals surface area contributed by atoms with Gasteiger partial charge in [0.25, 0.3) is 0 Å². The molecule has 1 aromatic rings. The van der Waals surface area contributed by atoms with Gasteiger partial charge in [-0.25, -0.2) is 13.2 Å². The molecule has 28 heavy (non-hydrogen) atoms. The Labute approximate surface area is 167 Å². The topological polar surface area (TPSA) is 92.8 Å². The van der Waals surface area contributed by atoms with Gasteiger partial charge in [-0.15, -0.1) is 0 Å². The van der Waals surface area contributed by atoms with Crippen molar-refractivity contribution in [3.8, 4) is 0 Å². The summed E-state index contributed by atoms with van der Waals surface area (Å²) in [6.45, 7) is 8.04. The molecule has 1 amide bonds. The van der Waals surface area contributed by atoms with E-state index in [4.69, 9.17) is 4.74 Å². The lowest BCUT2D eigenvalue weighted by atomic mass is 9.95. The molecule has 1 fully saturated rings. The Hall–Kier alpha value is -1.93. The minimum absolute atomic E-state index is 0.0957. The summed E-state index contributed by atoms with van der Waals surface area (Å²) in [5.41, 5.74) is 1.97. The van der Waals surface area contributed by atoms with E-state index in [-0.39, 0.29) is 35.7 Å². The number of carbonyl (C=O) groups excluding carboxylic acids is 2. The third-order valence-electron chi connectivity index (χ3n) is 5.36. The number of sulfonamides is 1. The molecule has 0 aromatic heterocycles. The maximum absolute atomic E-state index is 12.9. The van der Waals surface area contributed by atoms with E-state index >= 15 is 0 Å². The Balaban J connectivity index is 2.02. The zero-order valence-corrected chi connectivity index (χ0v) is 18.0. The van der Waals surface area contributed by atoms with Gasteiger partial charge in [0.2, 0.25) is 15.9 Å². The molecule has 0 spiro atoms. The van der Waals surface area contributed by atoms with Gasteiger partial charge in [-0.2, -0.15) is 4.31 Å². The lowest BCUT2D eigenvalue weighted by Crippen LogP contribution is -2.49. The molecule has 0 saturated carbocycles. The molecular formula is C20H30N2O5S. The summed E-state index contributed by atoms with van der Waals surface area (Å²) in [6.07, 6.45) is 0.837. The molecule has 8 heteroatoms. The van der Waals surface area contributed by atoms with Crippen LogP contribution in [0.15, 0.2) is 23.1 Å². The third kappa shape index (κ3) is 4.91. The molecule has 0 bridgehead atoms. The van der Waals surface area contributed by atoms with Crippen molar-refractivity contribution in [1.29, 1.82) is 0 Å². The van der Waals surface area contributed by atoms with Crippen LogP contribution < -0.4 is 5.32 Å². The highest BCUT2D eigenvalue weighted by molar-refractivity contribution is 7.89. The number of aryl methyl sites for hydroxylation is 2. The lowest BCUT2D eigenvalue weighted by Gasteiger charge is -2.31. The number of nitrogens with zero attached hydrogens (tertiary/aromatic N) is 1. The van der Waals surface area contributed by atoms with Crippen LogP contribution >= 0.6 is 0 Å². The summed E-state index contributed by atoms with van der Waals surface area (Å²) >= 11 is 0. The van der Waals surface area contributed by atoms with E-state index in [1.807, 2.05) is 27.7 Å². The SMILES string of the molecule is COC(=O)[C@@H](NC(=O)C1CCN(S(=O)(=O)c2ccc(C)c(C)c2)CC1)C(C)C. The Bertz CT molecular complexity index is 827. The highest BCUT2D eigenvalue weighted by atomic mass is 32.2. The van der Waals surface area contributed by atoms with Crippen LogP contribution in [0.5, 0.6) is 0 Å². The summed E-state index contributed by atoms with van der Waals surface area (Å²) in [6, 6.07) is 4.42. The van der Waals surface area contributed by atoms with E-state index in [1.165, 1.54) is 11.4 Å². The highest BCUT2D eigenvalue weighted by Gasteiger charge is 2.34. The monoisotopic (exact) mass is 410 g/mol. The molecule has 1 heterocycles. The van der Waals surface area contributed by atoms with Crippen molar-refractivity contribution >= 4 is 21.9 Å². The lowest BCUT2D eigenvalue weighted by molar-refractivity contribution is -0.147. The number of esters is 1. The van der Waals surface area contributed by atoms with E-state index in [2.05, 4.69) is 5.32 Å². The first-order valence-electron chi connectivity index (χ1n) is 9.53. The normalized spacial score (nSPS) is 17.4. The molecule has 2 rings (SSSR count). The number of benzene rings is 1. The fourth-order valence-corrected chi connectivity index (χ4v) is 4.83. The number of hydrogen-bond acceptors (Lipinski definition) is 5. The minimum atomic E-state index is -3.58. The van der Waals surface area contributed by atoms with E-state index in [1.54, 1.807) is 18.2 Å². The fourth-order valence-electron chi connectivity index (χ4n) is 3.28. The van der Waals surface area contributed by atoms with Crippen molar-refractivity contribution in [3.63, 3.8) is 0 Å². The predicted octanol–water partition coefficient (Wildman–Crippen LogP) is 2.02. The van der Waals surface area contributed by atoms with Crippen LogP contribution in [0.4, 0.5) is 0 Å². The molecule has 0 unspecified atom stereocenters. The number of nitrogens with one attached hydrogen (secondary N) is 1. The van der Waals surface area contributed by atoms with E-state index < -0.39 is 22.0 Å². The second-order valence-electron chi connectivity index (χ2n) is 7.68. The quantitative estimate of drug-likeness (QED) is 0.724. The Kier molecular flexibility index (Phi) is 7.22. The largest absolute Gasteiger partial charge is 0.467 e. The van der Waals surface area contributed by atoms with Gasteiger partial charge in [0.05, 0.1) is 12.0 Å². The molecule has 156 valence electrons. The number of amides is 1. The van der Waals surface area contributed by atoms with Gasteiger partial charge in [0.1, 0.15) is 6.04 Å². The van der Waals surface area contributed by atoms with E-state index in [0.717, 1.165) is 11.1 Å². The van der Waals surface area contributed by atoms with Crippen molar-refractivity contribution in [3.05, 3.63) is 29.3 Å². The zero-order valence-electron chi connectivity index (χ0n) is 17.2. The standard InChI is InChI=1S/C20H30N2O5S/c1-13(2)18(20(24)27-5)21-19(23)16-8-10-22(11-9-16)28(25,26)17-7-6-14(3)15(4)12-17/h6-7,12-13,16,18H,8-11H2,1-5H3,(H,21,23)/t18-/m0/s1. The average molecular weight is 411 g/mol. The zero-order chi connectivity index (χ0) is 21.1. The van der Waals surface area contributed by atoms with Crippen molar-refractivity contribution in [2.24, 2.45) is 11.8 Å². The van der Waals surface area contributed by atoms with Crippen LogP contribution in [0.1, 0.15) is 37.8 Å². The van der Waals surface area contributed by atoms with Crippen molar-refractivity contribution in [2.45, 2.75) is 51.5 Å². The summed E-state index contributed by atoms with van der Waals surface area (Å²) in [5, 5.41) is 2.75. The van der Waals surface area contributed by atoms with Crippen molar-refractivity contribution < 1.29 is 22.7 Å². The molecule has 7 nitrogen and oxygen atoms in total. The van der Waals surface area contributed by atoms with Gasteiger partial charge in [-0.05, 0) is 55.9 Å². The summed E-state index contributed by atoms with van der Waals surface area (Å²) in [5.74, 6) is -1.12. The van der Waals surface area contributed by atoms with Gasteiger partial charge in [-0.3, -0.25) is 4.79 Å². The van der Waals surface area contributed by atoms with Crippen molar-refractivity contribution in [2.75, 3.05) is 20.2 Å². The molecule has 0 radical (unpaired) electrons. The second-order valence-corrected chi connectivity index (χ2v) is 9.62. The van der Waals surface area contributed by atoms with E-state index in [9.17, 15) is 18.0 Å². The maximum atomic E-state index is 12.9. The summed E-state index contributed by atoms with van der Waals surface area (Å²) in [7, 11) is -2.29. The highest BCUT2D eigenvalue weighted by Crippen LogP contribution is 2.25. The molecule has 1 saturated heterocycles. The first kappa shape index (κ1) is 22.4. The van der Waals surface area contributed by atoms with Gasteiger partial charge in [0.15, 0.2) is 0 Å². The van der Waals surface area contributed by atoms with E-state index in [0.29, 0.717) is 12.8 Å². The minimum Gasteiger partial charge on any atom is -0.467 e. The average Bonchev–Trinajstić information content (AvgIpc) is 2.67. The van der Waals surface area contributed by atoms with Crippen LogP contribution in [0.3, 0.4) is 0 Å². The maximum Gasteiger partial charge on any atom is 0.328 e. The second kappa shape index (κ2) is 9.05. The van der Waals surface area contributed by atoms with Gasteiger partial charge >= 0.3 is 5.97 Å². The Morgan fingerprint density at radius 1 is 1.14 bits per heavy atom. The first-order chi connectivity index (χ1) is 13.1. The third-order valence-corrected chi connectivity index (χ3v) is 7.26.